The number of benzene rings is 1. The maximum Gasteiger partial charge on any atom is -0.00109 e. The first-order valence-electron chi connectivity index (χ1n) is 9.56. The third kappa shape index (κ3) is 8.58. The van der Waals surface area contributed by atoms with Crippen molar-refractivity contribution >= 4 is 0 Å². The van der Waals surface area contributed by atoms with Crippen molar-refractivity contribution in [3.8, 4) is 0 Å². The van der Waals surface area contributed by atoms with E-state index in [1.807, 2.05) is 0 Å². The summed E-state index contributed by atoms with van der Waals surface area (Å²) >= 11 is 0. The van der Waals surface area contributed by atoms with E-state index in [2.05, 4.69) is 38.1 Å². The van der Waals surface area contributed by atoms with E-state index in [1.54, 1.807) is 0 Å². The van der Waals surface area contributed by atoms with Gasteiger partial charge in [0.1, 0.15) is 0 Å². The largest absolute Gasteiger partial charge is 0.330 e. The Labute approximate surface area is 138 Å². The maximum atomic E-state index is 5.71. The van der Waals surface area contributed by atoms with Gasteiger partial charge in [-0.05, 0) is 36.4 Å². The molecule has 126 valence electrons. The zero-order chi connectivity index (χ0) is 16.0. The topological polar surface area (TPSA) is 26.0 Å². The van der Waals surface area contributed by atoms with Crippen molar-refractivity contribution in [1.29, 1.82) is 0 Å². The Morgan fingerprint density at radius 2 is 1.27 bits per heavy atom. The van der Waals surface area contributed by atoms with Crippen LogP contribution in [0.4, 0.5) is 0 Å². The monoisotopic (exact) mass is 303 g/mol. The van der Waals surface area contributed by atoms with Gasteiger partial charge in [-0.15, -0.1) is 0 Å². The zero-order valence-electron chi connectivity index (χ0n) is 14.9. The van der Waals surface area contributed by atoms with Gasteiger partial charge < -0.3 is 5.73 Å². The molecular formula is C21H37N. The second-order valence-electron chi connectivity index (χ2n) is 6.81. The molecule has 0 bridgehead atoms. The molecule has 1 aromatic carbocycles. The number of rotatable bonds is 13. The maximum absolute atomic E-state index is 5.71. The summed E-state index contributed by atoms with van der Waals surface area (Å²) in [5.74, 6) is 0.478. The molecule has 0 aromatic heterocycles. The second-order valence-corrected chi connectivity index (χ2v) is 6.81. The quantitative estimate of drug-likeness (QED) is 0.431. The van der Waals surface area contributed by atoms with Gasteiger partial charge in [-0.2, -0.15) is 0 Å². The molecule has 1 nitrogen and oxygen atoms in total. The van der Waals surface area contributed by atoms with Crippen LogP contribution >= 0.6 is 0 Å². The lowest BCUT2D eigenvalue weighted by atomic mass is 9.98. The van der Waals surface area contributed by atoms with E-state index < -0.39 is 0 Å². The molecule has 0 aliphatic carbocycles. The van der Waals surface area contributed by atoms with Crippen LogP contribution in [-0.2, 0) is 6.42 Å². The van der Waals surface area contributed by atoms with Crippen LogP contribution in [0.3, 0.4) is 0 Å². The number of hydrogen-bond acceptors (Lipinski definition) is 1. The van der Waals surface area contributed by atoms with Crippen molar-refractivity contribution in [2.24, 2.45) is 5.73 Å². The van der Waals surface area contributed by atoms with Crippen LogP contribution in [0, 0.1) is 0 Å². The lowest BCUT2D eigenvalue weighted by molar-refractivity contribution is 0.556. The highest BCUT2D eigenvalue weighted by atomic mass is 14.5. The molecule has 2 N–H and O–H groups in total. The van der Waals surface area contributed by atoms with Crippen LogP contribution in [0.25, 0.3) is 0 Å². The molecule has 0 fully saturated rings. The fraction of sp³-hybridized carbons (Fsp3) is 0.714. The van der Waals surface area contributed by atoms with E-state index in [0.29, 0.717) is 5.92 Å². The van der Waals surface area contributed by atoms with Gasteiger partial charge in [-0.25, -0.2) is 0 Å². The molecule has 0 spiro atoms. The van der Waals surface area contributed by atoms with Gasteiger partial charge in [-0.3, -0.25) is 0 Å². The van der Waals surface area contributed by atoms with Gasteiger partial charge in [0.2, 0.25) is 0 Å². The van der Waals surface area contributed by atoms with Crippen LogP contribution in [0.15, 0.2) is 24.3 Å². The summed E-state index contributed by atoms with van der Waals surface area (Å²) in [4.78, 5) is 0. The molecule has 1 unspecified atom stereocenters. The molecule has 0 amide bonds. The summed E-state index contributed by atoms with van der Waals surface area (Å²) < 4.78 is 0. The molecule has 0 heterocycles. The summed E-state index contributed by atoms with van der Waals surface area (Å²) in [5.41, 5.74) is 8.56. The van der Waals surface area contributed by atoms with E-state index >= 15 is 0 Å². The molecule has 1 heteroatoms. The highest BCUT2D eigenvalue weighted by Gasteiger charge is 2.02. The first-order chi connectivity index (χ1) is 10.8. The SMILES string of the molecule is CCCCCCCCCCCCc1ccc(C(C)CN)cc1. The van der Waals surface area contributed by atoms with E-state index in [9.17, 15) is 0 Å². The molecule has 0 saturated heterocycles. The Morgan fingerprint density at radius 3 is 1.77 bits per heavy atom. The van der Waals surface area contributed by atoms with Crippen molar-refractivity contribution in [1.82, 2.24) is 0 Å². The van der Waals surface area contributed by atoms with E-state index in [0.717, 1.165) is 6.54 Å². The van der Waals surface area contributed by atoms with E-state index in [-0.39, 0.29) is 0 Å². The molecular weight excluding hydrogens is 266 g/mol. The summed E-state index contributed by atoms with van der Waals surface area (Å²) in [7, 11) is 0. The molecule has 0 saturated carbocycles. The highest BCUT2D eigenvalue weighted by Crippen LogP contribution is 2.16. The van der Waals surface area contributed by atoms with Crippen molar-refractivity contribution in [2.45, 2.75) is 90.4 Å². The molecule has 1 rings (SSSR count). The van der Waals surface area contributed by atoms with Crippen molar-refractivity contribution in [3.63, 3.8) is 0 Å². The predicted molar refractivity (Wildman–Crippen MR) is 99.5 cm³/mol. The van der Waals surface area contributed by atoms with Gasteiger partial charge in [-0.1, -0.05) is 95.9 Å². The average Bonchev–Trinajstić information content (AvgIpc) is 2.56. The Morgan fingerprint density at radius 1 is 0.773 bits per heavy atom. The molecule has 0 aliphatic rings. The Kier molecular flexibility index (Phi) is 11.1. The summed E-state index contributed by atoms with van der Waals surface area (Å²) in [6.45, 7) is 5.21. The average molecular weight is 304 g/mol. The van der Waals surface area contributed by atoms with Gasteiger partial charge in [0, 0.05) is 0 Å². The molecule has 1 atom stereocenters. The van der Waals surface area contributed by atoms with Crippen molar-refractivity contribution in [3.05, 3.63) is 35.4 Å². The van der Waals surface area contributed by atoms with E-state index in [4.69, 9.17) is 5.73 Å². The van der Waals surface area contributed by atoms with Crippen LogP contribution in [-0.4, -0.2) is 6.54 Å². The molecule has 1 aromatic rings. The van der Waals surface area contributed by atoms with Gasteiger partial charge in [0.15, 0.2) is 0 Å². The van der Waals surface area contributed by atoms with Crippen LogP contribution < -0.4 is 5.73 Å². The minimum atomic E-state index is 0.478. The Bertz CT molecular complexity index is 355. The first kappa shape index (κ1) is 19.2. The van der Waals surface area contributed by atoms with Gasteiger partial charge in [0.25, 0.3) is 0 Å². The summed E-state index contributed by atoms with van der Waals surface area (Å²) in [6, 6.07) is 9.08. The van der Waals surface area contributed by atoms with Gasteiger partial charge >= 0.3 is 0 Å². The Hall–Kier alpha value is -0.820. The smallest absolute Gasteiger partial charge is 0.00109 e. The fourth-order valence-corrected chi connectivity index (χ4v) is 2.97. The first-order valence-corrected chi connectivity index (χ1v) is 9.56. The minimum Gasteiger partial charge on any atom is -0.330 e. The summed E-state index contributed by atoms with van der Waals surface area (Å²) in [5, 5.41) is 0. The standard InChI is InChI=1S/C21H37N/c1-3-4-5-6-7-8-9-10-11-12-13-20-14-16-21(17-15-20)19(2)18-22/h14-17,19H,3-13,18,22H2,1-2H3. The molecule has 0 aliphatic heterocycles. The number of unbranched alkanes of at least 4 members (excludes halogenated alkanes) is 9. The normalized spacial score (nSPS) is 12.5. The van der Waals surface area contributed by atoms with Crippen LogP contribution in [0.5, 0.6) is 0 Å². The van der Waals surface area contributed by atoms with Crippen molar-refractivity contribution < 1.29 is 0 Å². The third-order valence-electron chi connectivity index (χ3n) is 4.72. The fourth-order valence-electron chi connectivity index (χ4n) is 2.97. The highest BCUT2D eigenvalue weighted by molar-refractivity contribution is 5.25. The summed E-state index contributed by atoms with van der Waals surface area (Å²) in [6.07, 6.45) is 15.3. The second kappa shape index (κ2) is 12.7. The van der Waals surface area contributed by atoms with E-state index in [1.165, 1.54) is 81.8 Å². The number of hydrogen-bond donors (Lipinski definition) is 1. The lowest BCUT2D eigenvalue weighted by Gasteiger charge is -2.09. The lowest BCUT2D eigenvalue weighted by Crippen LogP contribution is -2.08. The molecule has 0 radical (unpaired) electrons. The molecule has 22 heavy (non-hydrogen) atoms. The predicted octanol–water partition coefficient (Wildman–Crippen LogP) is 6.21. The number of nitrogens with two attached hydrogens (primary N) is 1. The Balaban J connectivity index is 2.00. The third-order valence-corrected chi connectivity index (χ3v) is 4.72. The van der Waals surface area contributed by atoms with Crippen LogP contribution in [0.2, 0.25) is 0 Å². The van der Waals surface area contributed by atoms with Crippen LogP contribution in [0.1, 0.15) is 95.1 Å². The van der Waals surface area contributed by atoms with Crippen molar-refractivity contribution in [2.75, 3.05) is 6.54 Å². The zero-order valence-corrected chi connectivity index (χ0v) is 14.9. The minimum absolute atomic E-state index is 0.478. The number of aryl methyl sites for hydroxylation is 1. The van der Waals surface area contributed by atoms with Gasteiger partial charge in [0.05, 0.1) is 0 Å².